The summed E-state index contributed by atoms with van der Waals surface area (Å²) in [5, 5.41) is 10.5. The van der Waals surface area contributed by atoms with E-state index in [0.29, 0.717) is 12.2 Å². The van der Waals surface area contributed by atoms with Crippen LogP contribution in [0.4, 0.5) is 0 Å². The molecule has 1 aromatic heterocycles. The van der Waals surface area contributed by atoms with E-state index >= 15 is 0 Å². The first kappa shape index (κ1) is 12.1. The van der Waals surface area contributed by atoms with Crippen LogP contribution in [0.5, 0.6) is 0 Å². The SMILES string of the molecule is CC(C)C(O)(Cc1ncccn1)C(C)C. The molecule has 0 aromatic carbocycles. The van der Waals surface area contributed by atoms with Crippen LogP contribution < -0.4 is 0 Å². The Morgan fingerprint density at radius 3 is 2.00 bits per heavy atom. The van der Waals surface area contributed by atoms with Crippen LogP contribution in [0.3, 0.4) is 0 Å². The Balaban J connectivity index is 2.85. The summed E-state index contributed by atoms with van der Waals surface area (Å²) in [6, 6.07) is 1.79. The molecule has 0 saturated carbocycles. The third-order valence-corrected chi connectivity index (χ3v) is 3.06. The van der Waals surface area contributed by atoms with Crippen LogP contribution in [0, 0.1) is 11.8 Å². The lowest BCUT2D eigenvalue weighted by Gasteiger charge is -2.35. The normalized spacial score (nSPS) is 12.5. The Kier molecular flexibility index (Phi) is 3.80. The molecule has 15 heavy (non-hydrogen) atoms. The Labute approximate surface area is 91.6 Å². The van der Waals surface area contributed by atoms with Crippen molar-refractivity contribution in [1.82, 2.24) is 9.97 Å². The highest BCUT2D eigenvalue weighted by Gasteiger charge is 2.35. The molecule has 0 radical (unpaired) electrons. The summed E-state index contributed by atoms with van der Waals surface area (Å²) < 4.78 is 0. The van der Waals surface area contributed by atoms with Gasteiger partial charge < -0.3 is 5.11 Å². The summed E-state index contributed by atoms with van der Waals surface area (Å²) in [5.41, 5.74) is -0.721. The van der Waals surface area contributed by atoms with Gasteiger partial charge in [-0.1, -0.05) is 27.7 Å². The van der Waals surface area contributed by atoms with Gasteiger partial charge in [-0.25, -0.2) is 9.97 Å². The number of hydrogen-bond acceptors (Lipinski definition) is 3. The molecule has 0 unspecified atom stereocenters. The summed E-state index contributed by atoms with van der Waals surface area (Å²) in [5.74, 6) is 1.10. The first-order valence-corrected chi connectivity index (χ1v) is 5.45. The summed E-state index contributed by atoms with van der Waals surface area (Å²) in [4.78, 5) is 8.31. The van der Waals surface area contributed by atoms with Gasteiger partial charge in [-0.05, 0) is 17.9 Å². The van der Waals surface area contributed by atoms with Crippen molar-refractivity contribution in [2.45, 2.75) is 39.7 Å². The predicted octanol–water partition coefficient (Wildman–Crippen LogP) is 2.06. The summed E-state index contributed by atoms with van der Waals surface area (Å²) in [7, 11) is 0. The van der Waals surface area contributed by atoms with E-state index in [-0.39, 0.29) is 11.8 Å². The molecule has 0 spiro atoms. The maximum absolute atomic E-state index is 10.5. The summed E-state index contributed by atoms with van der Waals surface area (Å²) in [6.45, 7) is 8.12. The van der Waals surface area contributed by atoms with Crippen molar-refractivity contribution in [1.29, 1.82) is 0 Å². The summed E-state index contributed by atoms with van der Waals surface area (Å²) in [6.07, 6.45) is 3.94. The predicted molar refractivity (Wildman–Crippen MR) is 60.4 cm³/mol. The molecule has 3 heteroatoms. The minimum absolute atomic E-state index is 0.196. The number of hydrogen-bond donors (Lipinski definition) is 1. The third-order valence-electron chi connectivity index (χ3n) is 3.06. The molecule has 0 fully saturated rings. The average molecular weight is 208 g/mol. The molecule has 0 amide bonds. The molecule has 1 N–H and O–H groups in total. The zero-order valence-electron chi connectivity index (χ0n) is 9.94. The van der Waals surface area contributed by atoms with Gasteiger partial charge in [-0.3, -0.25) is 0 Å². The van der Waals surface area contributed by atoms with Crippen LogP contribution in [-0.4, -0.2) is 20.7 Å². The number of aliphatic hydroxyl groups is 1. The Bertz CT molecular complexity index is 288. The molecule has 84 valence electrons. The molecule has 0 aliphatic rings. The van der Waals surface area contributed by atoms with Crippen molar-refractivity contribution < 1.29 is 5.11 Å². The van der Waals surface area contributed by atoms with Gasteiger partial charge in [0, 0.05) is 18.8 Å². The van der Waals surface area contributed by atoms with E-state index in [1.165, 1.54) is 0 Å². The fourth-order valence-electron chi connectivity index (χ4n) is 1.75. The molecule has 0 aliphatic carbocycles. The van der Waals surface area contributed by atoms with Crippen LogP contribution in [-0.2, 0) is 6.42 Å². The van der Waals surface area contributed by atoms with Gasteiger partial charge in [0.2, 0.25) is 0 Å². The molecule has 0 bridgehead atoms. The zero-order chi connectivity index (χ0) is 11.5. The van der Waals surface area contributed by atoms with Gasteiger partial charge in [0.15, 0.2) is 0 Å². The highest BCUT2D eigenvalue weighted by Crippen LogP contribution is 2.28. The maximum atomic E-state index is 10.5. The molecule has 3 nitrogen and oxygen atoms in total. The minimum atomic E-state index is -0.721. The van der Waals surface area contributed by atoms with Gasteiger partial charge in [0.1, 0.15) is 5.82 Å². The van der Waals surface area contributed by atoms with Crippen molar-refractivity contribution in [3.05, 3.63) is 24.3 Å². The molecule has 0 atom stereocenters. The first-order valence-electron chi connectivity index (χ1n) is 5.45. The van der Waals surface area contributed by atoms with Crippen molar-refractivity contribution >= 4 is 0 Å². The van der Waals surface area contributed by atoms with E-state index < -0.39 is 5.60 Å². The molecular weight excluding hydrogens is 188 g/mol. The molecule has 1 aromatic rings. The van der Waals surface area contributed by atoms with Gasteiger partial charge in [0.05, 0.1) is 5.60 Å². The van der Waals surface area contributed by atoms with Gasteiger partial charge in [0.25, 0.3) is 0 Å². The zero-order valence-corrected chi connectivity index (χ0v) is 9.94. The number of rotatable bonds is 4. The van der Waals surface area contributed by atoms with Gasteiger partial charge >= 0.3 is 0 Å². The number of nitrogens with zero attached hydrogens (tertiary/aromatic N) is 2. The largest absolute Gasteiger partial charge is 0.389 e. The highest BCUT2D eigenvalue weighted by atomic mass is 16.3. The molecule has 0 aliphatic heterocycles. The monoisotopic (exact) mass is 208 g/mol. The molecule has 1 rings (SSSR count). The van der Waals surface area contributed by atoms with Crippen LogP contribution in [0.2, 0.25) is 0 Å². The minimum Gasteiger partial charge on any atom is -0.389 e. The third kappa shape index (κ3) is 2.75. The fraction of sp³-hybridized carbons (Fsp3) is 0.667. The smallest absolute Gasteiger partial charge is 0.131 e. The van der Waals surface area contributed by atoms with Crippen molar-refractivity contribution in [2.24, 2.45) is 11.8 Å². The lowest BCUT2D eigenvalue weighted by atomic mass is 9.78. The second-order valence-electron chi connectivity index (χ2n) is 4.64. The van der Waals surface area contributed by atoms with E-state index in [1.807, 2.05) is 27.7 Å². The lowest BCUT2D eigenvalue weighted by Crippen LogP contribution is -2.43. The Morgan fingerprint density at radius 2 is 1.60 bits per heavy atom. The number of aromatic nitrogens is 2. The fourth-order valence-corrected chi connectivity index (χ4v) is 1.75. The van der Waals surface area contributed by atoms with Crippen molar-refractivity contribution in [3.8, 4) is 0 Å². The van der Waals surface area contributed by atoms with Crippen LogP contribution in [0.15, 0.2) is 18.5 Å². The Hall–Kier alpha value is -0.960. The quantitative estimate of drug-likeness (QED) is 0.823. The van der Waals surface area contributed by atoms with Crippen LogP contribution in [0.25, 0.3) is 0 Å². The molecule has 0 saturated heterocycles. The first-order chi connectivity index (χ1) is 6.97. The standard InChI is InChI=1S/C12H20N2O/c1-9(2)12(15,10(3)4)8-11-13-6-5-7-14-11/h5-7,9-10,15H,8H2,1-4H3. The average Bonchev–Trinajstić information content (AvgIpc) is 2.18. The van der Waals surface area contributed by atoms with E-state index in [0.717, 1.165) is 0 Å². The van der Waals surface area contributed by atoms with Gasteiger partial charge in [-0.15, -0.1) is 0 Å². The van der Waals surface area contributed by atoms with E-state index in [9.17, 15) is 5.11 Å². The molecular formula is C12H20N2O. The second kappa shape index (κ2) is 4.71. The van der Waals surface area contributed by atoms with Crippen molar-refractivity contribution in [2.75, 3.05) is 0 Å². The van der Waals surface area contributed by atoms with Crippen LogP contribution >= 0.6 is 0 Å². The van der Waals surface area contributed by atoms with Crippen LogP contribution in [0.1, 0.15) is 33.5 Å². The molecule has 1 heterocycles. The maximum Gasteiger partial charge on any atom is 0.131 e. The summed E-state index contributed by atoms with van der Waals surface area (Å²) >= 11 is 0. The van der Waals surface area contributed by atoms with Crippen molar-refractivity contribution in [3.63, 3.8) is 0 Å². The highest BCUT2D eigenvalue weighted by molar-refractivity contribution is 4.98. The topological polar surface area (TPSA) is 46.0 Å². The lowest BCUT2D eigenvalue weighted by molar-refractivity contribution is -0.0477. The van der Waals surface area contributed by atoms with E-state index in [1.54, 1.807) is 18.5 Å². The second-order valence-corrected chi connectivity index (χ2v) is 4.64. The Morgan fingerprint density at radius 1 is 1.13 bits per heavy atom. The van der Waals surface area contributed by atoms with E-state index in [4.69, 9.17) is 0 Å². The van der Waals surface area contributed by atoms with E-state index in [2.05, 4.69) is 9.97 Å². The van der Waals surface area contributed by atoms with Gasteiger partial charge in [-0.2, -0.15) is 0 Å².